The molecule has 0 aliphatic heterocycles. The first-order valence-corrected chi connectivity index (χ1v) is 6.95. The van der Waals surface area contributed by atoms with Crippen molar-refractivity contribution in [3.05, 3.63) is 54.9 Å². The number of carbonyl (C=O) groups excluding carboxylic acids is 1. The van der Waals surface area contributed by atoms with Crippen molar-refractivity contribution in [2.75, 3.05) is 18.5 Å². The molecule has 0 saturated heterocycles. The lowest BCUT2D eigenvalue weighted by Gasteiger charge is -2.11. The molecule has 22 heavy (non-hydrogen) atoms. The summed E-state index contributed by atoms with van der Waals surface area (Å²) in [5.41, 5.74) is 1.03. The predicted molar refractivity (Wildman–Crippen MR) is 85.5 cm³/mol. The summed E-state index contributed by atoms with van der Waals surface area (Å²) in [6, 6.07) is 9.03. The van der Waals surface area contributed by atoms with Gasteiger partial charge in [-0.2, -0.15) is 0 Å². The summed E-state index contributed by atoms with van der Waals surface area (Å²) in [5.74, 6) is 0.761. The van der Waals surface area contributed by atoms with Crippen molar-refractivity contribution in [2.45, 2.75) is 6.92 Å². The Morgan fingerprint density at radius 2 is 2.18 bits per heavy atom. The number of hydrogen-bond acceptors (Lipinski definition) is 5. The van der Waals surface area contributed by atoms with Crippen LogP contribution in [0.2, 0.25) is 0 Å². The van der Waals surface area contributed by atoms with Crippen molar-refractivity contribution in [1.82, 2.24) is 15.3 Å². The van der Waals surface area contributed by atoms with Gasteiger partial charge in [0.05, 0.1) is 12.3 Å². The van der Waals surface area contributed by atoms with E-state index >= 15 is 0 Å². The number of para-hydroxylation sites is 2. The van der Waals surface area contributed by atoms with Crippen molar-refractivity contribution in [3.8, 4) is 5.75 Å². The van der Waals surface area contributed by atoms with E-state index < -0.39 is 0 Å². The molecule has 1 heterocycles. The second-order valence-electron chi connectivity index (χ2n) is 4.32. The van der Waals surface area contributed by atoms with E-state index in [0.717, 1.165) is 5.69 Å². The Bertz CT molecular complexity index is 658. The molecule has 114 valence electrons. The summed E-state index contributed by atoms with van der Waals surface area (Å²) in [7, 11) is 0. The molecule has 0 fully saturated rings. The van der Waals surface area contributed by atoms with Gasteiger partial charge in [0.25, 0.3) is 5.91 Å². The molecule has 2 N–H and O–H groups in total. The molecule has 0 bridgehead atoms. The Hall–Kier alpha value is -2.89. The van der Waals surface area contributed by atoms with Crippen LogP contribution in [0.3, 0.4) is 0 Å². The molecule has 0 spiro atoms. The number of aromatic nitrogens is 2. The number of rotatable bonds is 7. The Morgan fingerprint density at radius 3 is 2.95 bits per heavy atom. The Balaban J connectivity index is 2.17. The zero-order chi connectivity index (χ0) is 15.8. The maximum Gasteiger partial charge on any atom is 0.270 e. The van der Waals surface area contributed by atoms with Crippen molar-refractivity contribution < 1.29 is 9.53 Å². The second kappa shape index (κ2) is 7.78. The van der Waals surface area contributed by atoms with E-state index in [0.29, 0.717) is 24.8 Å². The lowest BCUT2D eigenvalue weighted by Crippen LogP contribution is -2.24. The smallest absolute Gasteiger partial charge is 0.270 e. The van der Waals surface area contributed by atoms with Crippen LogP contribution >= 0.6 is 0 Å². The molecule has 0 unspecified atom stereocenters. The first-order valence-electron chi connectivity index (χ1n) is 6.95. The number of nitrogens with zero attached hydrogens (tertiary/aromatic N) is 2. The molecule has 1 amide bonds. The minimum Gasteiger partial charge on any atom is -0.492 e. The van der Waals surface area contributed by atoms with Crippen molar-refractivity contribution in [3.63, 3.8) is 0 Å². The monoisotopic (exact) mass is 298 g/mol. The zero-order valence-corrected chi connectivity index (χ0v) is 12.4. The van der Waals surface area contributed by atoms with Crippen LogP contribution < -0.4 is 15.4 Å². The van der Waals surface area contributed by atoms with Crippen LogP contribution in [0.4, 0.5) is 11.6 Å². The summed E-state index contributed by atoms with van der Waals surface area (Å²) in [6.07, 6.45) is 3.14. The average Bonchev–Trinajstić information content (AvgIpc) is 2.55. The fourth-order valence-electron chi connectivity index (χ4n) is 1.77. The lowest BCUT2D eigenvalue weighted by molar-refractivity contribution is 0.0953. The van der Waals surface area contributed by atoms with E-state index in [9.17, 15) is 4.79 Å². The molecule has 0 aliphatic carbocycles. The first-order chi connectivity index (χ1) is 10.7. The van der Waals surface area contributed by atoms with Crippen molar-refractivity contribution >= 4 is 17.5 Å². The van der Waals surface area contributed by atoms with Gasteiger partial charge in [0, 0.05) is 12.7 Å². The molecule has 1 aromatic carbocycles. The highest BCUT2D eigenvalue weighted by atomic mass is 16.5. The van der Waals surface area contributed by atoms with E-state index in [4.69, 9.17) is 4.74 Å². The summed E-state index contributed by atoms with van der Waals surface area (Å²) in [6.45, 7) is 6.41. The topological polar surface area (TPSA) is 76.1 Å². The highest BCUT2D eigenvalue weighted by molar-refractivity contribution is 5.92. The number of benzene rings is 1. The SMILES string of the molecule is C=CCNC(=O)c1ccnc(Nc2ccccc2OCC)n1. The zero-order valence-electron chi connectivity index (χ0n) is 12.4. The quantitative estimate of drug-likeness (QED) is 0.768. The maximum absolute atomic E-state index is 11.9. The van der Waals surface area contributed by atoms with E-state index in [1.807, 2.05) is 31.2 Å². The molecule has 2 aromatic rings. The Labute approximate surface area is 129 Å². The molecule has 1 aromatic heterocycles. The first kappa shape index (κ1) is 15.5. The lowest BCUT2D eigenvalue weighted by atomic mass is 10.3. The van der Waals surface area contributed by atoms with Gasteiger partial charge in [0.2, 0.25) is 5.95 Å². The van der Waals surface area contributed by atoms with Gasteiger partial charge in [-0.25, -0.2) is 9.97 Å². The van der Waals surface area contributed by atoms with Gasteiger partial charge >= 0.3 is 0 Å². The third-order valence-electron chi connectivity index (χ3n) is 2.73. The van der Waals surface area contributed by atoms with E-state index in [2.05, 4.69) is 27.2 Å². The molecule has 6 nitrogen and oxygen atoms in total. The van der Waals surface area contributed by atoms with Gasteiger partial charge in [0.15, 0.2) is 0 Å². The summed E-state index contributed by atoms with van der Waals surface area (Å²) in [4.78, 5) is 20.2. The Kier molecular flexibility index (Phi) is 5.48. The van der Waals surface area contributed by atoms with Gasteiger partial charge in [-0.15, -0.1) is 6.58 Å². The number of nitrogens with one attached hydrogen (secondary N) is 2. The number of amides is 1. The minimum absolute atomic E-state index is 0.275. The van der Waals surface area contributed by atoms with E-state index in [-0.39, 0.29) is 11.6 Å². The van der Waals surface area contributed by atoms with E-state index in [1.54, 1.807) is 12.1 Å². The normalized spacial score (nSPS) is 9.86. The van der Waals surface area contributed by atoms with Gasteiger partial charge in [-0.05, 0) is 25.1 Å². The minimum atomic E-state index is -0.275. The van der Waals surface area contributed by atoms with Gasteiger partial charge in [-0.3, -0.25) is 4.79 Å². The fraction of sp³-hybridized carbons (Fsp3) is 0.188. The van der Waals surface area contributed by atoms with Crippen LogP contribution in [-0.2, 0) is 0 Å². The van der Waals surface area contributed by atoms with Gasteiger partial charge in [0.1, 0.15) is 11.4 Å². The largest absolute Gasteiger partial charge is 0.492 e. The van der Waals surface area contributed by atoms with Crippen LogP contribution in [0.1, 0.15) is 17.4 Å². The molecule has 0 saturated carbocycles. The Morgan fingerprint density at radius 1 is 1.36 bits per heavy atom. The number of ether oxygens (including phenoxy) is 1. The summed E-state index contributed by atoms with van der Waals surface area (Å²) >= 11 is 0. The third-order valence-corrected chi connectivity index (χ3v) is 2.73. The molecular formula is C16H18N4O2. The van der Waals surface area contributed by atoms with Gasteiger partial charge in [-0.1, -0.05) is 18.2 Å². The predicted octanol–water partition coefficient (Wildman–Crippen LogP) is 2.53. The molecule has 6 heteroatoms. The third kappa shape index (κ3) is 4.05. The molecule has 0 aliphatic rings. The van der Waals surface area contributed by atoms with Crippen LogP contribution in [0, 0.1) is 0 Å². The van der Waals surface area contributed by atoms with Crippen LogP contribution in [-0.4, -0.2) is 29.0 Å². The van der Waals surface area contributed by atoms with Crippen LogP contribution in [0.25, 0.3) is 0 Å². The number of hydrogen-bond donors (Lipinski definition) is 2. The second-order valence-corrected chi connectivity index (χ2v) is 4.32. The van der Waals surface area contributed by atoms with Crippen molar-refractivity contribution in [1.29, 1.82) is 0 Å². The maximum atomic E-state index is 11.9. The average molecular weight is 298 g/mol. The van der Waals surface area contributed by atoms with Gasteiger partial charge < -0.3 is 15.4 Å². The van der Waals surface area contributed by atoms with E-state index in [1.165, 1.54) is 6.20 Å². The van der Waals surface area contributed by atoms with Crippen LogP contribution in [0.5, 0.6) is 5.75 Å². The fourth-order valence-corrected chi connectivity index (χ4v) is 1.77. The standard InChI is InChI=1S/C16H18N4O2/c1-3-10-17-15(21)13-9-11-18-16(20-13)19-12-7-5-6-8-14(12)22-4-2/h3,5-9,11H,1,4,10H2,2H3,(H,17,21)(H,18,19,20). The molecule has 0 atom stereocenters. The highest BCUT2D eigenvalue weighted by Crippen LogP contribution is 2.25. The molecular weight excluding hydrogens is 280 g/mol. The highest BCUT2D eigenvalue weighted by Gasteiger charge is 2.09. The molecule has 0 radical (unpaired) electrons. The number of carbonyl (C=O) groups is 1. The molecule has 2 rings (SSSR count). The van der Waals surface area contributed by atoms with Crippen LogP contribution in [0.15, 0.2) is 49.2 Å². The summed E-state index contributed by atoms with van der Waals surface area (Å²) in [5, 5.41) is 5.73. The summed E-state index contributed by atoms with van der Waals surface area (Å²) < 4.78 is 5.53. The van der Waals surface area contributed by atoms with Crippen molar-refractivity contribution in [2.24, 2.45) is 0 Å². The number of anilines is 2.